The first-order chi connectivity index (χ1) is 13.0. The quantitative estimate of drug-likeness (QED) is 0.695. The molecule has 0 fully saturated rings. The Kier molecular flexibility index (Phi) is 4.41. The number of ether oxygens (including phenoxy) is 1. The predicted molar refractivity (Wildman–Crippen MR) is 95.4 cm³/mol. The molecular formula is C19H12F2N2O3S. The number of cyclic esters (lactones) is 1. The molecule has 0 saturated carbocycles. The molecule has 1 amide bonds. The van der Waals surface area contributed by atoms with Crippen molar-refractivity contribution in [2.24, 2.45) is 0 Å². The van der Waals surface area contributed by atoms with Gasteiger partial charge < -0.3 is 4.74 Å². The molecule has 3 aromatic rings. The van der Waals surface area contributed by atoms with Crippen LogP contribution in [0.4, 0.5) is 13.9 Å². The molecule has 5 nitrogen and oxygen atoms in total. The number of benzene rings is 2. The van der Waals surface area contributed by atoms with Crippen molar-refractivity contribution in [3.63, 3.8) is 0 Å². The fourth-order valence-electron chi connectivity index (χ4n) is 2.78. The van der Waals surface area contributed by atoms with Crippen molar-refractivity contribution in [2.45, 2.75) is 12.5 Å². The Morgan fingerprint density at radius 1 is 1.19 bits per heavy atom. The van der Waals surface area contributed by atoms with Crippen LogP contribution in [-0.4, -0.2) is 23.0 Å². The van der Waals surface area contributed by atoms with E-state index < -0.39 is 29.6 Å². The second-order valence-electron chi connectivity index (χ2n) is 5.91. The van der Waals surface area contributed by atoms with E-state index >= 15 is 0 Å². The van der Waals surface area contributed by atoms with Gasteiger partial charge in [0.15, 0.2) is 22.9 Å². The van der Waals surface area contributed by atoms with E-state index in [1.807, 2.05) is 0 Å². The van der Waals surface area contributed by atoms with Crippen molar-refractivity contribution < 1.29 is 23.1 Å². The molecule has 1 N–H and O–H groups in total. The minimum atomic E-state index is -0.973. The van der Waals surface area contributed by atoms with Crippen molar-refractivity contribution in [2.75, 3.05) is 5.32 Å². The number of halogens is 2. The molecule has 2 heterocycles. The lowest BCUT2D eigenvalue weighted by molar-refractivity contribution is -0.125. The van der Waals surface area contributed by atoms with Crippen molar-refractivity contribution in [3.8, 4) is 11.3 Å². The van der Waals surface area contributed by atoms with Gasteiger partial charge in [0.25, 0.3) is 5.91 Å². The lowest BCUT2D eigenvalue weighted by Crippen LogP contribution is -2.37. The Balaban J connectivity index is 1.49. The highest BCUT2D eigenvalue weighted by atomic mass is 32.1. The maximum Gasteiger partial charge on any atom is 0.339 e. The minimum Gasteiger partial charge on any atom is -0.448 e. The minimum absolute atomic E-state index is 0.273. The third-order valence-electron chi connectivity index (χ3n) is 4.13. The van der Waals surface area contributed by atoms with Crippen LogP contribution < -0.4 is 5.32 Å². The van der Waals surface area contributed by atoms with Gasteiger partial charge in [0.2, 0.25) is 0 Å². The molecule has 1 aromatic heterocycles. The number of thiazole rings is 1. The van der Waals surface area contributed by atoms with Crippen LogP contribution in [0, 0.1) is 11.6 Å². The zero-order valence-electron chi connectivity index (χ0n) is 13.7. The number of amides is 1. The number of aromatic nitrogens is 1. The van der Waals surface area contributed by atoms with Crippen molar-refractivity contribution in [1.29, 1.82) is 0 Å². The number of nitrogens with zero attached hydrogens (tertiary/aromatic N) is 1. The Morgan fingerprint density at radius 3 is 2.81 bits per heavy atom. The number of carbonyl (C=O) groups is 2. The van der Waals surface area contributed by atoms with Crippen molar-refractivity contribution in [3.05, 3.63) is 70.6 Å². The predicted octanol–water partition coefficient (Wildman–Crippen LogP) is 3.81. The summed E-state index contributed by atoms with van der Waals surface area (Å²) >= 11 is 1.13. The molecule has 27 heavy (non-hydrogen) atoms. The maximum absolute atomic E-state index is 13.4. The first kappa shape index (κ1) is 17.3. The van der Waals surface area contributed by atoms with Crippen LogP contribution >= 0.6 is 11.3 Å². The van der Waals surface area contributed by atoms with E-state index in [0.717, 1.165) is 29.0 Å². The third kappa shape index (κ3) is 3.43. The Labute approximate surface area is 156 Å². The van der Waals surface area contributed by atoms with Crippen LogP contribution in [-0.2, 0) is 16.0 Å². The van der Waals surface area contributed by atoms with Crippen molar-refractivity contribution >= 4 is 28.3 Å². The molecule has 4 rings (SSSR count). The zero-order chi connectivity index (χ0) is 19.0. The van der Waals surface area contributed by atoms with Gasteiger partial charge in [-0.2, -0.15) is 0 Å². The molecule has 0 aliphatic carbocycles. The highest BCUT2D eigenvalue weighted by Crippen LogP contribution is 2.27. The number of nitrogens with one attached hydrogen (secondary N) is 1. The number of anilines is 1. The van der Waals surface area contributed by atoms with Gasteiger partial charge >= 0.3 is 5.97 Å². The van der Waals surface area contributed by atoms with Gasteiger partial charge in [-0.3, -0.25) is 10.1 Å². The van der Waals surface area contributed by atoms with Crippen LogP contribution in [0.1, 0.15) is 15.9 Å². The fourth-order valence-corrected chi connectivity index (χ4v) is 3.51. The Hall–Kier alpha value is -3.13. The molecule has 0 radical (unpaired) electrons. The van der Waals surface area contributed by atoms with Gasteiger partial charge in [0.1, 0.15) is 0 Å². The first-order valence-electron chi connectivity index (χ1n) is 8.02. The third-order valence-corrected chi connectivity index (χ3v) is 4.89. The molecule has 2 aromatic carbocycles. The monoisotopic (exact) mass is 386 g/mol. The van der Waals surface area contributed by atoms with Gasteiger partial charge in [-0.1, -0.05) is 18.2 Å². The molecule has 0 spiro atoms. The first-order valence-corrected chi connectivity index (χ1v) is 8.90. The normalized spacial score (nSPS) is 15.8. The summed E-state index contributed by atoms with van der Waals surface area (Å²) in [6.07, 6.45) is -0.683. The summed E-state index contributed by atoms with van der Waals surface area (Å²) in [6.45, 7) is 0. The highest BCUT2D eigenvalue weighted by Gasteiger charge is 2.31. The van der Waals surface area contributed by atoms with Gasteiger partial charge in [-0.05, 0) is 29.8 Å². The van der Waals surface area contributed by atoms with Gasteiger partial charge in [-0.25, -0.2) is 18.6 Å². The SMILES string of the molecule is O=C1O[C@@H](C(=O)Nc2nc(-c3ccc(F)c(F)c3)cs2)Cc2ccccc21. The van der Waals surface area contributed by atoms with E-state index in [4.69, 9.17) is 4.74 Å². The lowest BCUT2D eigenvalue weighted by atomic mass is 9.98. The van der Waals surface area contributed by atoms with Crippen LogP contribution in [0.15, 0.2) is 47.8 Å². The smallest absolute Gasteiger partial charge is 0.339 e. The lowest BCUT2D eigenvalue weighted by Gasteiger charge is -2.23. The zero-order valence-corrected chi connectivity index (χ0v) is 14.6. The summed E-state index contributed by atoms with van der Waals surface area (Å²) in [5.74, 6) is -2.96. The van der Waals surface area contributed by atoms with Crippen LogP contribution in [0.2, 0.25) is 0 Å². The largest absolute Gasteiger partial charge is 0.448 e. The number of carbonyl (C=O) groups excluding carboxylic acids is 2. The number of hydrogen-bond acceptors (Lipinski definition) is 5. The van der Waals surface area contributed by atoms with Crippen LogP contribution in [0.25, 0.3) is 11.3 Å². The van der Waals surface area contributed by atoms with Crippen molar-refractivity contribution in [1.82, 2.24) is 4.98 Å². The molecule has 1 atom stereocenters. The molecule has 136 valence electrons. The summed E-state index contributed by atoms with van der Waals surface area (Å²) in [5, 5.41) is 4.49. The molecule has 0 saturated heterocycles. The highest BCUT2D eigenvalue weighted by molar-refractivity contribution is 7.14. The van der Waals surface area contributed by atoms with E-state index in [-0.39, 0.29) is 11.6 Å². The van der Waals surface area contributed by atoms with E-state index in [1.165, 1.54) is 6.07 Å². The number of rotatable bonds is 3. The van der Waals surface area contributed by atoms with E-state index in [2.05, 4.69) is 10.3 Å². The number of esters is 1. The number of fused-ring (bicyclic) bond motifs is 1. The van der Waals surface area contributed by atoms with E-state index in [1.54, 1.807) is 29.6 Å². The summed E-state index contributed by atoms with van der Waals surface area (Å²) in [5.41, 5.74) is 2.00. The van der Waals surface area contributed by atoms with Crippen LogP contribution in [0.3, 0.4) is 0 Å². The fraction of sp³-hybridized carbons (Fsp3) is 0.105. The summed E-state index contributed by atoms with van der Waals surface area (Å²) in [7, 11) is 0. The topological polar surface area (TPSA) is 68.3 Å². The second kappa shape index (κ2) is 6.88. The Bertz CT molecular complexity index is 1050. The van der Waals surface area contributed by atoms with Gasteiger partial charge in [0, 0.05) is 17.4 Å². The average Bonchev–Trinajstić information content (AvgIpc) is 3.12. The summed E-state index contributed by atoms with van der Waals surface area (Å²) in [6, 6.07) is 10.4. The van der Waals surface area contributed by atoms with Gasteiger partial charge in [-0.15, -0.1) is 11.3 Å². The summed E-state index contributed by atoms with van der Waals surface area (Å²) in [4.78, 5) is 28.7. The average molecular weight is 386 g/mol. The molecule has 1 aliphatic rings. The van der Waals surface area contributed by atoms with Crippen LogP contribution in [0.5, 0.6) is 0 Å². The van der Waals surface area contributed by atoms with E-state index in [9.17, 15) is 18.4 Å². The summed E-state index contributed by atoms with van der Waals surface area (Å²) < 4.78 is 31.6. The number of hydrogen-bond donors (Lipinski definition) is 1. The second-order valence-corrected chi connectivity index (χ2v) is 6.77. The Morgan fingerprint density at radius 2 is 2.00 bits per heavy atom. The standard InChI is InChI=1S/C19H12F2N2O3S/c20-13-6-5-11(7-14(13)21)15-9-27-19(22-15)23-17(24)16-8-10-3-1-2-4-12(10)18(25)26-16/h1-7,9,16H,8H2,(H,22,23,24)/t16-/m1/s1. The van der Waals surface area contributed by atoms with Gasteiger partial charge in [0.05, 0.1) is 11.3 Å². The molecule has 1 aliphatic heterocycles. The molecule has 0 unspecified atom stereocenters. The molecular weight excluding hydrogens is 374 g/mol. The maximum atomic E-state index is 13.4. The molecule has 0 bridgehead atoms. The van der Waals surface area contributed by atoms with E-state index in [0.29, 0.717) is 16.8 Å². The molecule has 8 heteroatoms.